The van der Waals surface area contributed by atoms with Crippen LogP contribution < -0.4 is 11.1 Å². The maximum atomic E-state index is 12.3. The molecule has 1 amide bonds. The maximum absolute atomic E-state index is 12.3. The largest absolute Gasteiger partial charge is 0.392 e. The summed E-state index contributed by atoms with van der Waals surface area (Å²) >= 11 is 5.06. The van der Waals surface area contributed by atoms with Gasteiger partial charge in [-0.25, -0.2) is 0 Å². The second-order valence-electron chi connectivity index (χ2n) is 4.51. The van der Waals surface area contributed by atoms with Crippen LogP contribution in [0, 0.1) is 5.41 Å². The van der Waals surface area contributed by atoms with E-state index in [1.807, 2.05) is 26.0 Å². The van der Waals surface area contributed by atoms with E-state index in [4.69, 9.17) is 18.0 Å². The third-order valence-corrected chi connectivity index (χ3v) is 3.95. The van der Waals surface area contributed by atoms with Gasteiger partial charge in [0, 0.05) is 18.9 Å². The zero-order valence-electron chi connectivity index (χ0n) is 11.5. The van der Waals surface area contributed by atoms with Gasteiger partial charge in [-0.1, -0.05) is 26.1 Å². The van der Waals surface area contributed by atoms with Crippen LogP contribution in [-0.4, -0.2) is 22.4 Å². The van der Waals surface area contributed by atoms with Crippen molar-refractivity contribution in [1.82, 2.24) is 10.3 Å². The van der Waals surface area contributed by atoms with E-state index >= 15 is 0 Å². The van der Waals surface area contributed by atoms with E-state index in [9.17, 15) is 4.79 Å². The van der Waals surface area contributed by atoms with Gasteiger partial charge in [0.15, 0.2) is 0 Å². The third-order valence-electron chi connectivity index (χ3n) is 3.56. The molecule has 1 heterocycles. The lowest BCUT2D eigenvalue weighted by molar-refractivity contribution is -0.127. The molecule has 0 aliphatic rings. The number of pyridine rings is 1. The first-order chi connectivity index (χ1) is 9.06. The highest BCUT2D eigenvalue weighted by Gasteiger charge is 2.37. The third kappa shape index (κ3) is 3.73. The highest BCUT2D eigenvalue weighted by atomic mass is 32.1. The second-order valence-corrected chi connectivity index (χ2v) is 4.95. The van der Waals surface area contributed by atoms with Crippen molar-refractivity contribution in [1.29, 1.82) is 0 Å². The van der Waals surface area contributed by atoms with Crippen molar-refractivity contribution in [3.05, 3.63) is 30.1 Å². The normalized spacial score (nSPS) is 11.1. The quantitative estimate of drug-likeness (QED) is 0.747. The lowest BCUT2D eigenvalue weighted by Crippen LogP contribution is -2.48. The Labute approximate surface area is 119 Å². The topological polar surface area (TPSA) is 68.0 Å². The monoisotopic (exact) mass is 279 g/mol. The Morgan fingerprint density at radius 3 is 2.42 bits per heavy atom. The number of nitrogens with zero attached hydrogens (tertiary/aromatic N) is 1. The molecule has 0 aliphatic heterocycles. The number of nitrogens with two attached hydrogens (primary N) is 1. The van der Waals surface area contributed by atoms with Crippen LogP contribution in [0.3, 0.4) is 0 Å². The molecule has 5 heteroatoms. The van der Waals surface area contributed by atoms with Crippen LogP contribution in [0.5, 0.6) is 0 Å². The average molecular weight is 279 g/mol. The van der Waals surface area contributed by atoms with Crippen molar-refractivity contribution in [2.24, 2.45) is 11.1 Å². The summed E-state index contributed by atoms with van der Waals surface area (Å²) in [6.45, 7) is 4.45. The van der Waals surface area contributed by atoms with Crippen molar-refractivity contribution in [2.45, 2.75) is 33.1 Å². The fraction of sp³-hybridized carbons (Fsp3) is 0.500. The molecule has 0 bridgehead atoms. The number of rotatable bonds is 7. The van der Waals surface area contributed by atoms with E-state index in [1.165, 1.54) is 0 Å². The molecule has 0 unspecified atom stereocenters. The van der Waals surface area contributed by atoms with Gasteiger partial charge in [0.25, 0.3) is 0 Å². The number of aromatic nitrogens is 1. The first-order valence-corrected chi connectivity index (χ1v) is 6.94. The Hall–Kier alpha value is -1.49. The van der Waals surface area contributed by atoms with Crippen molar-refractivity contribution in [2.75, 3.05) is 6.54 Å². The van der Waals surface area contributed by atoms with Gasteiger partial charge in [-0.15, -0.1) is 0 Å². The second kappa shape index (κ2) is 7.19. The summed E-state index contributed by atoms with van der Waals surface area (Å²) < 4.78 is 0. The predicted molar refractivity (Wildman–Crippen MR) is 80.8 cm³/mol. The van der Waals surface area contributed by atoms with E-state index in [-0.39, 0.29) is 10.9 Å². The minimum atomic E-state index is -0.715. The zero-order valence-corrected chi connectivity index (χ0v) is 12.3. The van der Waals surface area contributed by atoms with E-state index in [1.54, 1.807) is 12.4 Å². The van der Waals surface area contributed by atoms with Gasteiger partial charge in [0.2, 0.25) is 5.91 Å². The zero-order chi connectivity index (χ0) is 14.3. The number of carbonyl (C=O) groups is 1. The standard InChI is InChI=1S/C14H21N3OS/c1-3-14(4-2,12(15)19)13(18)17-10-7-11-5-8-16-9-6-11/h5-6,8-9H,3-4,7,10H2,1-2H3,(H2,15,19)(H,17,18). The van der Waals surface area contributed by atoms with Crippen LogP contribution >= 0.6 is 12.2 Å². The van der Waals surface area contributed by atoms with E-state index in [0.29, 0.717) is 19.4 Å². The van der Waals surface area contributed by atoms with Crippen molar-refractivity contribution in [3.63, 3.8) is 0 Å². The number of carbonyl (C=O) groups excluding carboxylic acids is 1. The molecular weight excluding hydrogens is 258 g/mol. The lowest BCUT2D eigenvalue weighted by atomic mass is 9.81. The molecule has 0 fully saturated rings. The number of hydrogen-bond acceptors (Lipinski definition) is 3. The van der Waals surface area contributed by atoms with Crippen LogP contribution in [0.2, 0.25) is 0 Å². The molecule has 1 aromatic rings. The smallest absolute Gasteiger partial charge is 0.233 e. The molecule has 19 heavy (non-hydrogen) atoms. The SMILES string of the molecule is CCC(CC)(C(=O)NCCc1ccncc1)C(N)=S. The predicted octanol–water partition coefficient (Wildman–Crippen LogP) is 1.83. The summed E-state index contributed by atoms with van der Waals surface area (Å²) in [6.07, 6.45) is 5.51. The number of hydrogen-bond donors (Lipinski definition) is 2. The van der Waals surface area contributed by atoms with E-state index < -0.39 is 5.41 Å². The molecule has 0 saturated carbocycles. The minimum absolute atomic E-state index is 0.0703. The summed E-state index contributed by atoms with van der Waals surface area (Å²) in [7, 11) is 0. The van der Waals surface area contributed by atoms with Gasteiger partial charge in [0.1, 0.15) is 0 Å². The van der Waals surface area contributed by atoms with Crippen LogP contribution in [0.15, 0.2) is 24.5 Å². The molecule has 3 N–H and O–H groups in total. The van der Waals surface area contributed by atoms with Gasteiger partial charge >= 0.3 is 0 Å². The fourth-order valence-electron chi connectivity index (χ4n) is 2.07. The molecule has 0 saturated heterocycles. The maximum Gasteiger partial charge on any atom is 0.233 e. The van der Waals surface area contributed by atoms with Gasteiger partial charge in [-0.05, 0) is 37.0 Å². The Kier molecular flexibility index (Phi) is 5.89. The Morgan fingerprint density at radius 2 is 1.95 bits per heavy atom. The molecule has 1 aromatic heterocycles. The number of thiocarbonyl (C=S) groups is 1. The highest BCUT2D eigenvalue weighted by Crippen LogP contribution is 2.27. The lowest BCUT2D eigenvalue weighted by Gasteiger charge is -2.28. The number of nitrogens with one attached hydrogen (secondary N) is 1. The van der Waals surface area contributed by atoms with E-state index in [0.717, 1.165) is 12.0 Å². The molecule has 0 atom stereocenters. The Bertz CT molecular complexity index is 430. The first kappa shape index (κ1) is 15.6. The van der Waals surface area contributed by atoms with Crippen LogP contribution in [0.4, 0.5) is 0 Å². The summed E-state index contributed by atoms with van der Waals surface area (Å²) in [5.74, 6) is -0.0703. The Balaban J connectivity index is 2.57. The van der Waals surface area contributed by atoms with Gasteiger partial charge < -0.3 is 11.1 Å². The molecule has 0 radical (unpaired) electrons. The van der Waals surface area contributed by atoms with E-state index in [2.05, 4.69) is 10.3 Å². The summed E-state index contributed by atoms with van der Waals surface area (Å²) in [4.78, 5) is 16.5. The van der Waals surface area contributed by atoms with Crippen molar-refractivity contribution >= 4 is 23.1 Å². The van der Waals surface area contributed by atoms with Crippen LogP contribution in [-0.2, 0) is 11.2 Å². The summed E-state index contributed by atoms with van der Waals surface area (Å²) in [5, 5.41) is 2.93. The van der Waals surface area contributed by atoms with Gasteiger partial charge in [0.05, 0.1) is 10.4 Å². The van der Waals surface area contributed by atoms with Gasteiger partial charge in [-0.3, -0.25) is 9.78 Å². The van der Waals surface area contributed by atoms with Crippen LogP contribution in [0.1, 0.15) is 32.3 Å². The van der Waals surface area contributed by atoms with Gasteiger partial charge in [-0.2, -0.15) is 0 Å². The average Bonchev–Trinajstić information content (AvgIpc) is 2.41. The number of amides is 1. The van der Waals surface area contributed by atoms with Crippen molar-refractivity contribution in [3.8, 4) is 0 Å². The fourth-order valence-corrected chi connectivity index (χ4v) is 2.45. The summed E-state index contributed by atoms with van der Waals surface area (Å²) in [6, 6.07) is 3.87. The highest BCUT2D eigenvalue weighted by molar-refractivity contribution is 7.80. The molecule has 0 spiro atoms. The molecule has 0 aliphatic carbocycles. The molecule has 0 aromatic carbocycles. The first-order valence-electron chi connectivity index (χ1n) is 6.54. The molecule has 1 rings (SSSR count). The Morgan fingerprint density at radius 1 is 1.37 bits per heavy atom. The summed E-state index contributed by atoms with van der Waals surface area (Å²) in [5.41, 5.74) is 6.17. The molecular formula is C14H21N3OS. The van der Waals surface area contributed by atoms with Crippen LogP contribution in [0.25, 0.3) is 0 Å². The van der Waals surface area contributed by atoms with Crippen molar-refractivity contribution < 1.29 is 4.79 Å². The molecule has 104 valence electrons. The minimum Gasteiger partial charge on any atom is -0.392 e. The molecule has 4 nitrogen and oxygen atoms in total.